The van der Waals surface area contributed by atoms with Crippen LogP contribution in [0.4, 0.5) is 29.3 Å². The number of nitrogens with zero attached hydrogens (tertiary/aromatic N) is 3. The standard InChI is InChI=1S/C23H21F3N4O2/c1-13-10-15(8-9-17(13)21(28)31)29-19-4-2-3-5-20(19)30(22(29)32)16-7-6-14(12-27)18(11-16)23(24,25)26/h6-11,19-20H,2-5H2,1H3,(H2,28,31)/t19-,20-/m0/s1. The fourth-order valence-corrected chi connectivity index (χ4v) is 4.79. The van der Waals surface area contributed by atoms with Crippen molar-refractivity contribution in [2.45, 2.75) is 50.9 Å². The van der Waals surface area contributed by atoms with Crippen molar-refractivity contribution in [3.05, 3.63) is 58.7 Å². The first-order valence-electron chi connectivity index (χ1n) is 10.3. The molecular weight excluding hydrogens is 421 g/mol. The summed E-state index contributed by atoms with van der Waals surface area (Å²) in [5.41, 5.74) is 5.49. The number of fused-ring (bicyclic) bond motifs is 1. The minimum Gasteiger partial charge on any atom is -0.366 e. The maximum Gasteiger partial charge on any atom is 0.417 e. The molecule has 0 spiro atoms. The minimum absolute atomic E-state index is 0.117. The average molecular weight is 442 g/mol. The maximum atomic E-state index is 13.5. The van der Waals surface area contributed by atoms with E-state index in [9.17, 15) is 22.8 Å². The molecule has 4 rings (SSSR count). The highest BCUT2D eigenvalue weighted by Crippen LogP contribution is 2.42. The Morgan fingerprint density at radius 2 is 1.62 bits per heavy atom. The number of aryl methyl sites for hydroxylation is 1. The van der Waals surface area contributed by atoms with Crippen molar-refractivity contribution in [3.63, 3.8) is 0 Å². The first-order chi connectivity index (χ1) is 15.1. The fourth-order valence-electron chi connectivity index (χ4n) is 4.79. The number of amides is 3. The Bertz CT molecular complexity index is 1140. The zero-order valence-corrected chi connectivity index (χ0v) is 17.3. The zero-order chi connectivity index (χ0) is 23.2. The highest BCUT2D eigenvalue weighted by molar-refractivity contribution is 6.08. The number of carbonyl (C=O) groups excluding carboxylic acids is 2. The summed E-state index contributed by atoms with van der Waals surface area (Å²) >= 11 is 0. The molecule has 2 aliphatic rings. The van der Waals surface area contributed by atoms with Crippen molar-refractivity contribution in [2.75, 3.05) is 9.80 Å². The molecule has 2 atom stereocenters. The summed E-state index contributed by atoms with van der Waals surface area (Å²) in [5.74, 6) is -0.573. The third kappa shape index (κ3) is 3.55. The van der Waals surface area contributed by atoms with E-state index in [0.717, 1.165) is 25.0 Å². The molecule has 0 unspecified atom stereocenters. The third-order valence-corrected chi connectivity index (χ3v) is 6.23. The van der Waals surface area contributed by atoms with Crippen LogP contribution in [0.2, 0.25) is 0 Å². The zero-order valence-electron chi connectivity index (χ0n) is 17.3. The van der Waals surface area contributed by atoms with Crippen molar-refractivity contribution >= 4 is 23.3 Å². The van der Waals surface area contributed by atoms with E-state index in [-0.39, 0.29) is 17.8 Å². The lowest BCUT2D eigenvalue weighted by atomic mass is 9.89. The van der Waals surface area contributed by atoms with Gasteiger partial charge in [0.1, 0.15) is 0 Å². The summed E-state index contributed by atoms with van der Waals surface area (Å²) in [4.78, 5) is 28.1. The number of primary amides is 1. The van der Waals surface area contributed by atoms with Crippen LogP contribution in [0.15, 0.2) is 36.4 Å². The Balaban J connectivity index is 1.79. The Labute approximate surface area is 183 Å². The van der Waals surface area contributed by atoms with Crippen molar-refractivity contribution in [3.8, 4) is 6.07 Å². The fraction of sp³-hybridized carbons (Fsp3) is 0.348. The van der Waals surface area contributed by atoms with Gasteiger partial charge >= 0.3 is 12.2 Å². The highest BCUT2D eigenvalue weighted by atomic mass is 19.4. The number of hydrogen-bond donors (Lipinski definition) is 1. The van der Waals surface area contributed by atoms with E-state index in [1.807, 2.05) is 0 Å². The third-order valence-electron chi connectivity index (χ3n) is 6.23. The van der Waals surface area contributed by atoms with Crippen LogP contribution in [-0.2, 0) is 6.18 Å². The van der Waals surface area contributed by atoms with E-state index in [0.29, 0.717) is 29.7 Å². The molecule has 1 saturated carbocycles. The van der Waals surface area contributed by atoms with E-state index in [4.69, 9.17) is 11.0 Å². The van der Waals surface area contributed by atoms with E-state index < -0.39 is 29.2 Å². The average Bonchev–Trinajstić information content (AvgIpc) is 3.04. The topological polar surface area (TPSA) is 90.4 Å². The van der Waals surface area contributed by atoms with Crippen molar-refractivity contribution < 1.29 is 22.8 Å². The van der Waals surface area contributed by atoms with Crippen LogP contribution >= 0.6 is 0 Å². The first-order valence-corrected chi connectivity index (χ1v) is 10.3. The molecule has 1 saturated heterocycles. The summed E-state index contributed by atoms with van der Waals surface area (Å²) in [5, 5.41) is 9.08. The Morgan fingerprint density at radius 1 is 1.06 bits per heavy atom. The summed E-state index contributed by atoms with van der Waals surface area (Å²) in [6.07, 6.45) is -1.57. The van der Waals surface area contributed by atoms with Gasteiger partial charge in [0.05, 0.1) is 29.3 Å². The Kier molecular flexibility index (Phi) is 5.33. The summed E-state index contributed by atoms with van der Waals surface area (Å²) in [6.45, 7) is 1.72. The summed E-state index contributed by atoms with van der Waals surface area (Å²) in [7, 11) is 0. The second-order valence-corrected chi connectivity index (χ2v) is 8.14. The van der Waals surface area contributed by atoms with Crippen LogP contribution in [-0.4, -0.2) is 24.0 Å². The molecule has 0 radical (unpaired) electrons. The van der Waals surface area contributed by atoms with Gasteiger partial charge in [0.25, 0.3) is 0 Å². The molecule has 1 heterocycles. The normalized spacial score (nSPS) is 20.8. The predicted molar refractivity (Wildman–Crippen MR) is 112 cm³/mol. The highest BCUT2D eigenvalue weighted by Gasteiger charge is 2.48. The van der Waals surface area contributed by atoms with Gasteiger partial charge < -0.3 is 5.73 Å². The van der Waals surface area contributed by atoms with E-state index in [2.05, 4.69) is 0 Å². The van der Waals surface area contributed by atoms with E-state index >= 15 is 0 Å². The van der Waals surface area contributed by atoms with Crippen LogP contribution in [0.5, 0.6) is 0 Å². The number of halogens is 3. The maximum absolute atomic E-state index is 13.5. The van der Waals surface area contributed by atoms with E-state index in [1.165, 1.54) is 11.0 Å². The molecule has 166 valence electrons. The van der Waals surface area contributed by atoms with Crippen LogP contribution in [0.1, 0.15) is 52.7 Å². The Morgan fingerprint density at radius 3 is 2.12 bits per heavy atom. The number of hydrogen-bond acceptors (Lipinski definition) is 3. The van der Waals surface area contributed by atoms with Crippen molar-refractivity contribution in [1.29, 1.82) is 5.26 Å². The Hall–Kier alpha value is -3.54. The predicted octanol–water partition coefficient (Wildman–Crippen LogP) is 4.74. The molecule has 2 fully saturated rings. The van der Waals surface area contributed by atoms with Crippen LogP contribution in [0, 0.1) is 18.3 Å². The molecule has 1 aliphatic carbocycles. The molecule has 32 heavy (non-hydrogen) atoms. The molecule has 2 aromatic carbocycles. The van der Waals surface area contributed by atoms with E-state index in [1.54, 1.807) is 36.1 Å². The molecule has 0 aromatic heterocycles. The SMILES string of the molecule is Cc1cc(N2C(=O)N(c3ccc(C#N)c(C(F)(F)F)c3)[C@H]3CCCC[C@@H]32)ccc1C(N)=O. The number of anilines is 2. The van der Waals surface area contributed by atoms with Crippen LogP contribution in [0.3, 0.4) is 0 Å². The quantitative estimate of drug-likeness (QED) is 0.744. The molecule has 1 aliphatic heterocycles. The van der Waals surface area contributed by atoms with Gasteiger partial charge in [-0.3, -0.25) is 14.6 Å². The summed E-state index contributed by atoms with van der Waals surface area (Å²) < 4.78 is 40.6. The van der Waals surface area contributed by atoms with Crippen molar-refractivity contribution in [1.82, 2.24) is 0 Å². The van der Waals surface area contributed by atoms with Gasteiger partial charge in [-0.2, -0.15) is 18.4 Å². The minimum atomic E-state index is -4.71. The van der Waals surface area contributed by atoms with Gasteiger partial charge in [-0.25, -0.2) is 4.79 Å². The lowest BCUT2D eigenvalue weighted by Gasteiger charge is -2.32. The number of carbonyl (C=O) groups is 2. The molecule has 2 aromatic rings. The lowest BCUT2D eigenvalue weighted by Crippen LogP contribution is -2.40. The number of urea groups is 1. The molecule has 3 amide bonds. The van der Waals surface area contributed by atoms with Gasteiger partial charge in [-0.05, 0) is 61.7 Å². The second-order valence-electron chi connectivity index (χ2n) is 8.14. The molecule has 2 N–H and O–H groups in total. The summed E-state index contributed by atoms with van der Waals surface area (Å²) in [6, 6.07) is 8.93. The number of benzene rings is 2. The largest absolute Gasteiger partial charge is 0.417 e. The van der Waals surface area contributed by atoms with Crippen LogP contribution < -0.4 is 15.5 Å². The first kappa shape index (κ1) is 21.7. The molecule has 9 heteroatoms. The van der Waals surface area contributed by atoms with Gasteiger partial charge in [0, 0.05) is 16.9 Å². The smallest absolute Gasteiger partial charge is 0.366 e. The van der Waals surface area contributed by atoms with Crippen LogP contribution in [0.25, 0.3) is 0 Å². The van der Waals surface area contributed by atoms with Gasteiger partial charge in [-0.1, -0.05) is 12.8 Å². The number of nitrogens with two attached hydrogens (primary N) is 1. The number of rotatable bonds is 3. The second kappa shape index (κ2) is 7.86. The van der Waals surface area contributed by atoms with Gasteiger partial charge in [-0.15, -0.1) is 0 Å². The molecule has 0 bridgehead atoms. The lowest BCUT2D eigenvalue weighted by molar-refractivity contribution is -0.137. The number of nitriles is 1. The number of alkyl halides is 3. The monoisotopic (exact) mass is 442 g/mol. The van der Waals surface area contributed by atoms with Gasteiger partial charge in [0.2, 0.25) is 5.91 Å². The molecular formula is C23H21F3N4O2. The van der Waals surface area contributed by atoms with Crippen molar-refractivity contribution in [2.24, 2.45) is 5.73 Å². The van der Waals surface area contributed by atoms with Gasteiger partial charge in [0.15, 0.2) is 0 Å². The molecule has 6 nitrogen and oxygen atoms in total.